The highest BCUT2D eigenvalue weighted by Crippen LogP contribution is 2.31. The van der Waals surface area contributed by atoms with Gasteiger partial charge in [0.2, 0.25) is 0 Å². The zero-order valence-electron chi connectivity index (χ0n) is 12.9. The Balaban J connectivity index is 2.01. The Bertz CT molecular complexity index is 1010. The second-order valence-corrected chi connectivity index (χ2v) is 5.16. The van der Waals surface area contributed by atoms with Gasteiger partial charge in [-0.3, -0.25) is 9.55 Å². The number of imidazole rings is 1. The Morgan fingerprint density at radius 1 is 0.870 bits per heavy atom. The zero-order valence-corrected chi connectivity index (χ0v) is 12.9. The van der Waals surface area contributed by atoms with Crippen LogP contribution >= 0.6 is 0 Å². The molecule has 0 saturated heterocycles. The quantitative estimate of drug-likeness (QED) is 0.580. The molecule has 4 rings (SSSR count). The SMILES string of the molecule is COc1ccc(-n2cnc3cnc4ccccc4c32)cc1OC. The number of hydrogen-bond donors (Lipinski definition) is 0. The lowest BCUT2D eigenvalue weighted by Crippen LogP contribution is -1.96. The maximum Gasteiger partial charge on any atom is 0.162 e. The van der Waals surface area contributed by atoms with Crippen molar-refractivity contribution in [3.8, 4) is 17.2 Å². The highest BCUT2D eigenvalue weighted by atomic mass is 16.5. The van der Waals surface area contributed by atoms with E-state index in [-0.39, 0.29) is 0 Å². The molecule has 0 atom stereocenters. The number of rotatable bonds is 3. The third-order valence-corrected chi connectivity index (χ3v) is 3.93. The van der Waals surface area contributed by atoms with Gasteiger partial charge in [0.1, 0.15) is 11.8 Å². The van der Waals surface area contributed by atoms with Crippen LogP contribution < -0.4 is 9.47 Å². The Hall–Kier alpha value is -3.08. The molecular weight excluding hydrogens is 290 g/mol. The van der Waals surface area contributed by atoms with E-state index < -0.39 is 0 Å². The molecule has 2 aromatic heterocycles. The summed E-state index contributed by atoms with van der Waals surface area (Å²) in [7, 11) is 3.26. The van der Waals surface area contributed by atoms with Gasteiger partial charge in [0, 0.05) is 11.5 Å². The summed E-state index contributed by atoms with van der Waals surface area (Å²) >= 11 is 0. The van der Waals surface area contributed by atoms with Gasteiger partial charge in [0.25, 0.3) is 0 Å². The van der Waals surface area contributed by atoms with Crippen molar-refractivity contribution >= 4 is 21.9 Å². The lowest BCUT2D eigenvalue weighted by Gasteiger charge is -2.11. The molecule has 0 amide bonds. The van der Waals surface area contributed by atoms with Gasteiger partial charge >= 0.3 is 0 Å². The van der Waals surface area contributed by atoms with E-state index in [0.717, 1.165) is 27.6 Å². The maximum atomic E-state index is 5.40. The van der Waals surface area contributed by atoms with Crippen molar-refractivity contribution in [2.24, 2.45) is 0 Å². The van der Waals surface area contributed by atoms with E-state index in [1.54, 1.807) is 26.7 Å². The van der Waals surface area contributed by atoms with E-state index in [1.807, 2.05) is 41.0 Å². The fourth-order valence-electron chi connectivity index (χ4n) is 2.81. The number of ether oxygens (including phenoxy) is 2. The molecular formula is C18H15N3O2. The first-order chi connectivity index (χ1) is 11.3. The van der Waals surface area contributed by atoms with Crippen molar-refractivity contribution in [2.75, 3.05) is 14.2 Å². The maximum absolute atomic E-state index is 5.40. The molecule has 23 heavy (non-hydrogen) atoms. The molecule has 5 nitrogen and oxygen atoms in total. The van der Waals surface area contributed by atoms with E-state index in [0.29, 0.717) is 11.5 Å². The van der Waals surface area contributed by atoms with E-state index in [4.69, 9.17) is 9.47 Å². The normalized spacial score (nSPS) is 11.0. The van der Waals surface area contributed by atoms with Crippen LogP contribution in [0.4, 0.5) is 0 Å². The highest BCUT2D eigenvalue weighted by Gasteiger charge is 2.11. The molecule has 0 saturated carbocycles. The molecule has 0 aliphatic rings. The third kappa shape index (κ3) is 2.09. The minimum Gasteiger partial charge on any atom is -0.493 e. The molecule has 0 fully saturated rings. The fraction of sp³-hybridized carbons (Fsp3) is 0.111. The van der Waals surface area contributed by atoms with Crippen molar-refractivity contribution < 1.29 is 9.47 Å². The first kappa shape index (κ1) is 13.6. The molecule has 0 N–H and O–H groups in total. The summed E-state index contributed by atoms with van der Waals surface area (Å²) in [4.78, 5) is 8.93. The molecule has 0 spiro atoms. The average molecular weight is 305 g/mol. The van der Waals surface area contributed by atoms with Crippen LogP contribution in [0.2, 0.25) is 0 Å². The van der Waals surface area contributed by atoms with Gasteiger partial charge in [-0.2, -0.15) is 0 Å². The molecule has 5 heteroatoms. The summed E-state index contributed by atoms with van der Waals surface area (Å²) in [6.45, 7) is 0. The van der Waals surface area contributed by atoms with Gasteiger partial charge < -0.3 is 9.47 Å². The Labute approximate surface area is 133 Å². The van der Waals surface area contributed by atoms with Crippen molar-refractivity contribution in [3.05, 3.63) is 55.0 Å². The van der Waals surface area contributed by atoms with Gasteiger partial charge in [0.15, 0.2) is 11.5 Å². The number of hydrogen-bond acceptors (Lipinski definition) is 4. The lowest BCUT2D eigenvalue weighted by atomic mass is 10.2. The van der Waals surface area contributed by atoms with Gasteiger partial charge in [0.05, 0.1) is 37.1 Å². The van der Waals surface area contributed by atoms with Crippen LogP contribution in [0.3, 0.4) is 0 Å². The van der Waals surface area contributed by atoms with Gasteiger partial charge in [-0.05, 0) is 18.2 Å². The zero-order chi connectivity index (χ0) is 15.8. The van der Waals surface area contributed by atoms with Crippen LogP contribution in [0, 0.1) is 0 Å². The van der Waals surface area contributed by atoms with Gasteiger partial charge in [-0.1, -0.05) is 18.2 Å². The summed E-state index contributed by atoms with van der Waals surface area (Å²) in [6.07, 6.45) is 3.61. The highest BCUT2D eigenvalue weighted by molar-refractivity contribution is 6.02. The largest absolute Gasteiger partial charge is 0.493 e. The molecule has 0 aliphatic carbocycles. The molecule has 114 valence electrons. The monoisotopic (exact) mass is 305 g/mol. The smallest absolute Gasteiger partial charge is 0.162 e. The van der Waals surface area contributed by atoms with Crippen LogP contribution in [-0.2, 0) is 0 Å². The Morgan fingerprint density at radius 2 is 1.70 bits per heavy atom. The summed E-state index contributed by atoms with van der Waals surface area (Å²) in [5, 5.41) is 1.07. The van der Waals surface area contributed by atoms with Crippen molar-refractivity contribution in [3.63, 3.8) is 0 Å². The van der Waals surface area contributed by atoms with Crippen LogP contribution in [0.5, 0.6) is 11.5 Å². The topological polar surface area (TPSA) is 49.2 Å². The average Bonchev–Trinajstić information content (AvgIpc) is 3.05. The Kier molecular flexibility index (Phi) is 3.12. The number of aromatic nitrogens is 3. The van der Waals surface area contributed by atoms with Gasteiger partial charge in [-0.25, -0.2) is 4.98 Å². The molecule has 2 heterocycles. The minimum absolute atomic E-state index is 0.685. The summed E-state index contributed by atoms with van der Waals surface area (Å²) in [5.41, 5.74) is 3.80. The van der Waals surface area contributed by atoms with Crippen LogP contribution in [0.1, 0.15) is 0 Å². The number of methoxy groups -OCH3 is 2. The van der Waals surface area contributed by atoms with Gasteiger partial charge in [-0.15, -0.1) is 0 Å². The second kappa shape index (κ2) is 5.28. The molecule has 0 radical (unpaired) electrons. The number of para-hydroxylation sites is 1. The number of fused-ring (bicyclic) bond motifs is 3. The Morgan fingerprint density at radius 3 is 2.52 bits per heavy atom. The minimum atomic E-state index is 0.685. The predicted molar refractivity (Wildman–Crippen MR) is 89.5 cm³/mol. The van der Waals surface area contributed by atoms with Crippen molar-refractivity contribution in [2.45, 2.75) is 0 Å². The molecule has 2 aromatic carbocycles. The standard InChI is InChI=1S/C18H15N3O2/c1-22-16-8-7-12(9-17(16)23-2)21-11-20-15-10-19-14-6-4-3-5-13(14)18(15)21/h3-11H,1-2H3. The predicted octanol–water partition coefficient (Wildman–Crippen LogP) is 3.59. The molecule has 0 aliphatic heterocycles. The van der Waals surface area contributed by atoms with E-state index in [9.17, 15) is 0 Å². The van der Waals surface area contributed by atoms with Crippen LogP contribution in [-0.4, -0.2) is 28.8 Å². The van der Waals surface area contributed by atoms with E-state index in [2.05, 4.69) is 16.0 Å². The first-order valence-corrected chi connectivity index (χ1v) is 7.25. The summed E-state index contributed by atoms with van der Waals surface area (Å²) in [5.74, 6) is 1.39. The first-order valence-electron chi connectivity index (χ1n) is 7.25. The fourth-order valence-corrected chi connectivity index (χ4v) is 2.81. The lowest BCUT2D eigenvalue weighted by molar-refractivity contribution is 0.355. The van der Waals surface area contributed by atoms with Crippen molar-refractivity contribution in [1.29, 1.82) is 0 Å². The number of pyridine rings is 1. The number of nitrogens with zero attached hydrogens (tertiary/aromatic N) is 3. The van der Waals surface area contributed by atoms with E-state index in [1.165, 1.54) is 0 Å². The summed E-state index contributed by atoms with van der Waals surface area (Å²) in [6, 6.07) is 13.9. The molecule has 0 bridgehead atoms. The van der Waals surface area contributed by atoms with Crippen molar-refractivity contribution in [1.82, 2.24) is 14.5 Å². The van der Waals surface area contributed by atoms with Crippen LogP contribution in [0.15, 0.2) is 55.0 Å². The second-order valence-electron chi connectivity index (χ2n) is 5.16. The molecule has 4 aromatic rings. The van der Waals surface area contributed by atoms with E-state index >= 15 is 0 Å². The molecule has 0 unspecified atom stereocenters. The number of benzene rings is 2. The van der Waals surface area contributed by atoms with Crippen LogP contribution in [0.25, 0.3) is 27.6 Å². The third-order valence-electron chi connectivity index (χ3n) is 3.93. The summed E-state index contributed by atoms with van der Waals surface area (Å²) < 4.78 is 12.8.